The lowest BCUT2D eigenvalue weighted by Crippen LogP contribution is -2.10. The second kappa shape index (κ2) is 5.02. The highest BCUT2D eigenvalue weighted by atomic mass is 16.6. The largest absolute Gasteiger partial charge is 0.459 e. The Bertz CT molecular complexity index is 204. The lowest BCUT2D eigenvalue weighted by molar-refractivity contribution is -0.139. The summed E-state index contributed by atoms with van der Waals surface area (Å²) in [6, 6.07) is 0. The summed E-state index contributed by atoms with van der Waals surface area (Å²) >= 11 is 0. The summed E-state index contributed by atoms with van der Waals surface area (Å²) < 4.78 is 9.92. The summed E-state index contributed by atoms with van der Waals surface area (Å²) in [5, 5.41) is 0. The first-order valence-electron chi connectivity index (χ1n) is 4.69. The van der Waals surface area contributed by atoms with E-state index in [4.69, 9.17) is 9.47 Å². The summed E-state index contributed by atoms with van der Waals surface area (Å²) in [6.45, 7) is 4.99. The monoisotopic (exact) mass is 184 g/mol. The van der Waals surface area contributed by atoms with Crippen LogP contribution < -0.4 is 0 Å². The Kier molecular flexibility index (Phi) is 3.96. The van der Waals surface area contributed by atoms with Crippen molar-refractivity contribution in [3.63, 3.8) is 0 Å². The van der Waals surface area contributed by atoms with Crippen LogP contribution in [0.1, 0.15) is 26.7 Å². The van der Waals surface area contributed by atoms with E-state index < -0.39 is 0 Å². The predicted molar refractivity (Wildman–Crippen MR) is 49.4 cm³/mol. The summed E-state index contributed by atoms with van der Waals surface area (Å²) in [6.07, 6.45) is 4.05. The molecule has 0 radical (unpaired) electrons. The van der Waals surface area contributed by atoms with Crippen molar-refractivity contribution in [2.45, 2.75) is 32.8 Å². The molecule has 0 aromatic heterocycles. The van der Waals surface area contributed by atoms with Crippen molar-refractivity contribution < 1.29 is 14.3 Å². The predicted octanol–water partition coefficient (Wildman–Crippen LogP) is 1.67. The van der Waals surface area contributed by atoms with Crippen molar-refractivity contribution in [1.82, 2.24) is 0 Å². The van der Waals surface area contributed by atoms with Crippen molar-refractivity contribution >= 4 is 5.97 Å². The molecular weight excluding hydrogens is 168 g/mol. The minimum absolute atomic E-state index is 0.155. The number of epoxide rings is 1. The molecule has 0 amide bonds. The Morgan fingerprint density at radius 2 is 2.38 bits per heavy atom. The Labute approximate surface area is 78.7 Å². The van der Waals surface area contributed by atoms with Crippen LogP contribution in [0.4, 0.5) is 0 Å². The van der Waals surface area contributed by atoms with E-state index in [0.717, 1.165) is 19.4 Å². The van der Waals surface area contributed by atoms with Gasteiger partial charge in [-0.3, -0.25) is 0 Å². The molecule has 1 aliphatic rings. The lowest BCUT2D eigenvalue weighted by atomic mass is 10.2. The fourth-order valence-corrected chi connectivity index (χ4v) is 0.891. The maximum atomic E-state index is 11.2. The molecule has 0 spiro atoms. The van der Waals surface area contributed by atoms with E-state index in [1.807, 2.05) is 6.08 Å². The zero-order chi connectivity index (χ0) is 9.68. The Morgan fingerprint density at radius 1 is 1.69 bits per heavy atom. The standard InChI is InChI=1S/C10H16O3/c1-3-4-5-8(2)10(11)13-7-9-6-12-9/h5,9H,3-4,6-7H2,1-2H3/b8-5+. The van der Waals surface area contributed by atoms with Gasteiger partial charge in [0.15, 0.2) is 0 Å². The van der Waals surface area contributed by atoms with E-state index >= 15 is 0 Å². The molecule has 1 saturated heterocycles. The van der Waals surface area contributed by atoms with Crippen LogP contribution in [-0.4, -0.2) is 25.3 Å². The van der Waals surface area contributed by atoms with Crippen molar-refractivity contribution in [1.29, 1.82) is 0 Å². The van der Waals surface area contributed by atoms with Gasteiger partial charge in [0, 0.05) is 5.57 Å². The van der Waals surface area contributed by atoms with Crippen LogP contribution in [0, 0.1) is 0 Å². The SMILES string of the molecule is CCC/C=C(\C)C(=O)OCC1CO1. The third kappa shape index (κ3) is 4.08. The Morgan fingerprint density at radius 3 is 2.92 bits per heavy atom. The molecule has 0 aromatic rings. The van der Waals surface area contributed by atoms with Gasteiger partial charge in [0.05, 0.1) is 6.61 Å². The average molecular weight is 184 g/mol. The van der Waals surface area contributed by atoms with Crippen molar-refractivity contribution in [3.05, 3.63) is 11.6 Å². The van der Waals surface area contributed by atoms with Gasteiger partial charge in [-0.1, -0.05) is 19.4 Å². The number of hydrogen-bond donors (Lipinski definition) is 0. The molecule has 3 heteroatoms. The zero-order valence-corrected chi connectivity index (χ0v) is 8.21. The highest BCUT2D eigenvalue weighted by Gasteiger charge is 2.24. The number of unbranched alkanes of at least 4 members (excludes halogenated alkanes) is 1. The van der Waals surface area contributed by atoms with E-state index in [1.54, 1.807) is 6.92 Å². The lowest BCUT2D eigenvalue weighted by Gasteiger charge is -2.01. The maximum Gasteiger partial charge on any atom is 0.333 e. The number of ether oxygens (including phenoxy) is 2. The van der Waals surface area contributed by atoms with Gasteiger partial charge in [-0.25, -0.2) is 4.79 Å². The zero-order valence-electron chi connectivity index (χ0n) is 8.21. The van der Waals surface area contributed by atoms with Gasteiger partial charge < -0.3 is 9.47 Å². The molecule has 0 saturated carbocycles. The highest BCUT2D eigenvalue weighted by molar-refractivity contribution is 5.87. The van der Waals surface area contributed by atoms with E-state index in [9.17, 15) is 4.79 Å². The normalized spacial score (nSPS) is 21.4. The number of carbonyl (C=O) groups is 1. The molecule has 13 heavy (non-hydrogen) atoms. The minimum atomic E-state index is -0.219. The van der Waals surface area contributed by atoms with Crippen LogP contribution in [0.2, 0.25) is 0 Å². The number of rotatable bonds is 5. The van der Waals surface area contributed by atoms with Crippen LogP contribution in [0.5, 0.6) is 0 Å². The molecule has 1 fully saturated rings. The summed E-state index contributed by atoms with van der Waals surface area (Å²) in [5.74, 6) is -0.219. The number of esters is 1. The van der Waals surface area contributed by atoms with E-state index in [0.29, 0.717) is 12.2 Å². The van der Waals surface area contributed by atoms with Gasteiger partial charge >= 0.3 is 5.97 Å². The molecule has 3 nitrogen and oxygen atoms in total. The molecule has 0 aromatic carbocycles. The molecule has 1 aliphatic heterocycles. The average Bonchev–Trinajstić information content (AvgIpc) is 2.93. The summed E-state index contributed by atoms with van der Waals surface area (Å²) in [7, 11) is 0. The van der Waals surface area contributed by atoms with Crippen LogP contribution in [0.3, 0.4) is 0 Å². The molecule has 1 heterocycles. The topological polar surface area (TPSA) is 38.8 Å². The third-order valence-electron chi connectivity index (χ3n) is 1.86. The first kappa shape index (κ1) is 10.3. The molecule has 1 atom stereocenters. The molecule has 0 bridgehead atoms. The van der Waals surface area contributed by atoms with Crippen molar-refractivity contribution in [2.24, 2.45) is 0 Å². The molecule has 1 rings (SSSR count). The van der Waals surface area contributed by atoms with Crippen LogP contribution in [0.25, 0.3) is 0 Å². The Balaban J connectivity index is 2.19. The third-order valence-corrected chi connectivity index (χ3v) is 1.86. The van der Waals surface area contributed by atoms with Gasteiger partial charge in [0.1, 0.15) is 12.7 Å². The fourth-order valence-electron chi connectivity index (χ4n) is 0.891. The smallest absolute Gasteiger partial charge is 0.333 e. The molecule has 0 N–H and O–H groups in total. The van der Waals surface area contributed by atoms with E-state index in [-0.39, 0.29) is 12.1 Å². The van der Waals surface area contributed by atoms with Gasteiger partial charge in [0.25, 0.3) is 0 Å². The van der Waals surface area contributed by atoms with Crippen molar-refractivity contribution in [2.75, 3.05) is 13.2 Å². The van der Waals surface area contributed by atoms with Gasteiger partial charge in [0.2, 0.25) is 0 Å². The first-order valence-corrected chi connectivity index (χ1v) is 4.69. The van der Waals surface area contributed by atoms with Crippen LogP contribution >= 0.6 is 0 Å². The highest BCUT2D eigenvalue weighted by Crippen LogP contribution is 2.10. The fraction of sp³-hybridized carbons (Fsp3) is 0.700. The summed E-state index contributed by atoms with van der Waals surface area (Å²) in [4.78, 5) is 11.2. The van der Waals surface area contributed by atoms with Crippen LogP contribution in [0.15, 0.2) is 11.6 Å². The van der Waals surface area contributed by atoms with E-state index in [2.05, 4.69) is 6.92 Å². The van der Waals surface area contributed by atoms with Gasteiger partial charge in [-0.05, 0) is 13.3 Å². The molecule has 1 unspecified atom stereocenters. The summed E-state index contributed by atoms with van der Waals surface area (Å²) in [5.41, 5.74) is 0.697. The molecular formula is C10H16O3. The van der Waals surface area contributed by atoms with Crippen LogP contribution in [-0.2, 0) is 14.3 Å². The number of allylic oxidation sites excluding steroid dienone is 1. The minimum Gasteiger partial charge on any atom is -0.459 e. The molecule has 0 aliphatic carbocycles. The van der Waals surface area contributed by atoms with Crippen molar-refractivity contribution in [3.8, 4) is 0 Å². The molecule has 74 valence electrons. The Hall–Kier alpha value is -0.830. The second-order valence-electron chi connectivity index (χ2n) is 3.23. The first-order chi connectivity index (χ1) is 6.24. The quantitative estimate of drug-likeness (QED) is 0.370. The van der Waals surface area contributed by atoms with Gasteiger partial charge in [-0.2, -0.15) is 0 Å². The maximum absolute atomic E-state index is 11.2. The second-order valence-corrected chi connectivity index (χ2v) is 3.23. The number of carbonyl (C=O) groups excluding carboxylic acids is 1. The van der Waals surface area contributed by atoms with E-state index in [1.165, 1.54) is 0 Å². The van der Waals surface area contributed by atoms with Gasteiger partial charge in [-0.15, -0.1) is 0 Å². The number of hydrogen-bond acceptors (Lipinski definition) is 3.